The van der Waals surface area contributed by atoms with Crippen LogP contribution in [0.3, 0.4) is 0 Å². The minimum atomic E-state index is 1.02. The molecule has 0 spiro atoms. The Morgan fingerprint density at radius 1 is 0.581 bits per heavy atom. The number of nitrogens with zero attached hydrogens (tertiary/aromatic N) is 3. The second kappa shape index (κ2) is 5.27. The van der Waals surface area contributed by atoms with E-state index in [1.165, 1.54) is 43.2 Å². The van der Waals surface area contributed by atoms with Crippen molar-refractivity contribution in [2.75, 3.05) is 0 Å². The molecular formula is C28H16N3+. The molecule has 0 aliphatic carbocycles. The number of rotatable bonds is 0. The van der Waals surface area contributed by atoms with Crippen LogP contribution in [-0.4, -0.2) is 9.61 Å². The molecule has 0 saturated heterocycles. The van der Waals surface area contributed by atoms with Gasteiger partial charge in [0.2, 0.25) is 11.0 Å². The molecule has 0 aliphatic rings. The number of hydrogen-bond donors (Lipinski definition) is 0. The zero-order valence-corrected chi connectivity index (χ0v) is 16.6. The molecule has 5 aromatic carbocycles. The first-order valence-electron chi connectivity index (χ1n) is 10.6. The molecule has 142 valence electrons. The zero-order chi connectivity index (χ0) is 20.1. The van der Waals surface area contributed by atoms with Crippen LogP contribution in [0.4, 0.5) is 0 Å². The molecular weight excluding hydrogens is 378 g/mol. The van der Waals surface area contributed by atoms with Crippen LogP contribution in [0.15, 0.2) is 97.2 Å². The van der Waals surface area contributed by atoms with Crippen molar-refractivity contribution >= 4 is 65.3 Å². The maximum atomic E-state index is 5.14. The van der Waals surface area contributed by atoms with Crippen LogP contribution < -0.4 is 4.40 Å². The van der Waals surface area contributed by atoms with Crippen molar-refractivity contribution < 1.29 is 4.40 Å². The van der Waals surface area contributed by atoms with Crippen LogP contribution in [0, 0.1) is 0 Å². The smallest absolute Gasteiger partial charge is 0.220 e. The monoisotopic (exact) mass is 394 g/mol. The summed E-state index contributed by atoms with van der Waals surface area (Å²) in [5, 5.41) is 14.2. The average Bonchev–Trinajstić information content (AvgIpc) is 3.43. The summed E-state index contributed by atoms with van der Waals surface area (Å²) in [6.07, 6.45) is 2.13. The van der Waals surface area contributed by atoms with E-state index in [0.29, 0.717) is 0 Å². The highest BCUT2D eigenvalue weighted by atomic mass is 15.2. The SMILES string of the molecule is c1cc2cccc3c4cc5nn6c7ccccc7[n+]7cccc7c6cc5cc4c(c1)c23. The highest BCUT2D eigenvalue weighted by Crippen LogP contribution is 2.39. The number of aromatic nitrogens is 3. The van der Waals surface area contributed by atoms with Gasteiger partial charge < -0.3 is 0 Å². The van der Waals surface area contributed by atoms with E-state index < -0.39 is 0 Å². The van der Waals surface area contributed by atoms with E-state index in [-0.39, 0.29) is 0 Å². The number of para-hydroxylation sites is 2. The summed E-state index contributed by atoms with van der Waals surface area (Å²) in [6.45, 7) is 0. The molecule has 0 N–H and O–H groups in total. The Morgan fingerprint density at radius 2 is 1.32 bits per heavy atom. The molecule has 3 heterocycles. The standard InChI is InChI=1S/C28H16N3/c1-2-11-26-24(10-1)30-13-5-12-25(30)27-15-18-14-21-19-8-3-6-17-7-4-9-20(28(17)19)22(21)16-23(18)29-31(26)27/h1-16H/q+1. The van der Waals surface area contributed by atoms with Crippen molar-refractivity contribution in [2.24, 2.45) is 0 Å². The molecule has 3 aromatic heterocycles. The van der Waals surface area contributed by atoms with Crippen molar-refractivity contribution in [1.82, 2.24) is 9.61 Å². The van der Waals surface area contributed by atoms with E-state index in [9.17, 15) is 0 Å². The lowest BCUT2D eigenvalue weighted by Gasteiger charge is -2.07. The third-order valence-electron chi connectivity index (χ3n) is 6.76. The molecule has 31 heavy (non-hydrogen) atoms. The second-order valence-corrected chi connectivity index (χ2v) is 8.36. The predicted octanol–water partition coefficient (Wildman–Crippen LogP) is 6.28. The van der Waals surface area contributed by atoms with Gasteiger partial charge in [0.25, 0.3) is 0 Å². The first kappa shape index (κ1) is 15.6. The summed E-state index contributed by atoms with van der Waals surface area (Å²) in [7, 11) is 0. The summed E-state index contributed by atoms with van der Waals surface area (Å²) in [6, 6.07) is 32.8. The largest absolute Gasteiger partial charge is 0.237 e. The highest BCUT2D eigenvalue weighted by Gasteiger charge is 2.18. The lowest BCUT2D eigenvalue weighted by Crippen LogP contribution is -2.22. The minimum Gasteiger partial charge on any atom is -0.220 e. The van der Waals surface area contributed by atoms with Crippen LogP contribution in [-0.2, 0) is 0 Å². The Balaban J connectivity index is 1.63. The van der Waals surface area contributed by atoms with Crippen LogP contribution >= 0.6 is 0 Å². The molecule has 0 amide bonds. The quantitative estimate of drug-likeness (QED) is 0.169. The summed E-state index contributed by atoms with van der Waals surface area (Å²) >= 11 is 0. The van der Waals surface area contributed by atoms with Crippen LogP contribution in [0.25, 0.3) is 65.3 Å². The number of hydrogen-bond acceptors (Lipinski definition) is 1. The molecule has 0 saturated carbocycles. The van der Waals surface area contributed by atoms with Crippen LogP contribution in [0.2, 0.25) is 0 Å². The molecule has 0 aliphatic heterocycles. The van der Waals surface area contributed by atoms with Gasteiger partial charge in [-0.25, -0.2) is 4.52 Å². The Bertz CT molecular complexity index is 1990. The third-order valence-corrected chi connectivity index (χ3v) is 6.76. The molecule has 3 heteroatoms. The van der Waals surface area contributed by atoms with Gasteiger partial charge in [0.15, 0.2) is 6.20 Å². The maximum absolute atomic E-state index is 5.14. The first-order chi connectivity index (χ1) is 15.4. The van der Waals surface area contributed by atoms with Crippen molar-refractivity contribution in [1.29, 1.82) is 0 Å². The molecule has 0 bridgehead atoms. The maximum Gasteiger partial charge on any atom is 0.237 e. The second-order valence-electron chi connectivity index (χ2n) is 8.36. The normalized spacial score (nSPS) is 12.5. The fourth-order valence-electron chi connectivity index (χ4n) is 5.43. The van der Waals surface area contributed by atoms with Gasteiger partial charge in [-0.3, -0.25) is 0 Å². The zero-order valence-electron chi connectivity index (χ0n) is 16.6. The summed E-state index contributed by atoms with van der Waals surface area (Å²) in [4.78, 5) is 0. The fourth-order valence-corrected chi connectivity index (χ4v) is 5.43. The van der Waals surface area contributed by atoms with E-state index in [2.05, 4.69) is 106 Å². The van der Waals surface area contributed by atoms with Crippen LogP contribution in [0.1, 0.15) is 0 Å². The van der Waals surface area contributed by atoms with Crippen molar-refractivity contribution in [3.63, 3.8) is 0 Å². The third kappa shape index (κ3) is 1.85. The van der Waals surface area contributed by atoms with Gasteiger partial charge in [0.1, 0.15) is 11.0 Å². The van der Waals surface area contributed by atoms with E-state index in [0.717, 1.165) is 22.1 Å². The molecule has 8 rings (SSSR count). The first-order valence-corrected chi connectivity index (χ1v) is 10.6. The highest BCUT2D eigenvalue weighted by molar-refractivity contribution is 6.31. The Hall–Kier alpha value is -4.24. The van der Waals surface area contributed by atoms with Gasteiger partial charge in [0, 0.05) is 23.6 Å². The molecule has 0 unspecified atom stereocenters. The molecule has 8 aromatic rings. The van der Waals surface area contributed by atoms with Gasteiger partial charge in [-0.05, 0) is 56.6 Å². The average molecular weight is 394 g/mol. The van der Waals surface area contributed by atoms with Gasteiger partial charge >= 0.3 is 0 Å². The van der Waals surface area contributed by atoms with E-state index in [4.69, 9.17) is 5.10 Å². The fraction of sp³-hybridized carbons (Fsp3) is 0. The van der Waals surface area contributed by atoms with E-state index in [1.807, 2.05) is 0 Å². The van der Waals surface area contributed by atoms with Crippen LogP contribution in [0.5, 0.6) is 0 Å². The van der Waals surface area contributed by atoms with Gasteiger partial charge in [0.05, 0.1) is 5.52 Å². The summed E-state index contributed by atoms with van der Waals surface area (Å²) in [5.41, 5.74) is 5.56. The number of benzene rings is 4. The Kier molecular flexibility index (Phi) is 2.65. The predicted molar refractivity (Wildman–Crippen MR) is 127 cm³/mol. The minimum absolute atomic E-state index is 1.02. The van der Waals surface area contributed by atoms with Crippen molar-refractivity contribution in [3.05, 3.63) is 97.2 Å². The lowest BCUT2D eigenvalue weighted by atomic mass is 10.1. The molecule has 3 nitrogen and oxygen atoms in total. The van der Waals surface area contributed by atoms with E-state index >= 15 is 0 Å². The molecule has 0 fully saturated rings. The van der Waals surface area contributed by atoms with Crippen molar-refractivity contribution in [2.45, 2.75) is 0 Å². The van der Waals surface area contributed by atoms with Gasteiger partial charge in [-0.2, -0.15) is 9.50 Å². The Morgan fingerprint density at radius 3 is 2.19 bits per heavy atom. The van der Waals surface area contributed by atoms with Gasteiger partial charge in [-0.1, -0.05) is 48.5 Å². The molecule has 0 radical (unpaired) electrons. The topological polar surface area (TPSA) is 21.4 Å². The van der Waals surface area contributed by atoms with Gasteiger partial charge in [-0.15, -0.1) is 0 Å². The summed E-state index contributed by atoms with van der Waals surface area (Å²) < 4.78 is 4.35. The molecule has 0 atom stereocenters. The van der Waals surface area contributed by atoms with E-state index in [1.54, 1.807) is 0 Å². The Labute approximate surface area is 176 Å². The summed E-state index contributed by atoms with van der Waals surface area (Å²) in [5.74, 6) is 0. The van der Waals surface area contributed by atoms with Crippen molar-refractivity contribution in [3.8, 4) is 0 Å². The number of fused-ring (bicyclic) bond motifs is 10. The lowest BCUT2D eigenvalue weighted by molar-refractivity contribution is -0.477.